The highest BCUT2D eigenvalue weighted by molar-refractivity contribution is 5.87. The maximum absolute atomic E-state index is 13.1. The molecule has 5 rings (SSSR count). The van der Waals surface area contributed by atoms with Gasteiger partial charge in [-0.3, -0.25) is 4.90 Å². The zero-order valence-electron chi connectivity index (χ0n) is 20.8. The van der Waals surface area contributed by atoms with Gasteiger partial charge in [0.15, 0.2) is 23.0 Å². The number of hydrogen-bond donors (Lipinski definition) is 1. The van der Waals surface area contributed by atoms with Gasteiger partial charge in [0, 0.05) is 17.8 Å². The molecule has 36 heavy (non-hydrogen) atoms. The molecule has 188 valence electrons. The van der Waals surface area contributed by atoms with Crippen LogP contribution in [-0.2, 0) is 0 Å². The minimum Gasteiger partial charge on any atom is -0.493 e. The lowest BCUT2D eigenvalue weighted by Crippen LogP contribution is -2.47. The van der Waals surface area contributed by atoms with Gasteiger partial charge in [0.2, 0.25) is 12.6 Å². The fraction of sp³-hybridized carbons (Fsp3) is 0.346. The molecule has 0 saturated heterocycles. The molecule has 0 saturated carbocycles. The molecule has 2 amide bonds. The van der Waals surface area contributed by atoms with Crippen molar-refractivity contribution in [2.75, 3.05) is 27.6 Å². The molecule has 0 fully saturated rings. The van der Waals surface area contributed by atoms with E-state index in [0.717, 1.165) is 16.8 Å². The molecule has 1 N–H and O–H groups in total. The molecule has 2 aliphatic heterocycles. The Morgan fingerprint density at radius 2 is 1.86 bits per heavy atom. The molecule has 0 aliphatic carbocycles. The number of nitrogens with one attached hydrogen (secondary N) is 1. The summed E-state index contributed by atoms with van der Waals surface area (Å²) in [5, 5.41) is 7.33. The topological polar surface area (TPSA) is 108 Å². The summed E-state index contributed by atoms with van der Waals surface area (Å²) in [6.07, 6.45) is 0. The van der Waals surface area contributed by atoms with Crippen LogP contribution in [0.25, 0.3) is 17.0 Å². The minimum atomic E-state index is -0.536. The lowest BCUT2D eigenvalue weighted by Gasteiger charge is -2.36. The number of carbonyl (C=O) groups is 1. The van der Waals surface area contributed by atoms with E-state index in [9.17, 15) is 4.79 Å². The molecule has 0 radical (unpaired) electrons. The van der Waals surface area contributed by atoms with Crippen LogP contribution in [0.1, 0.15) is 38.3 Å². The lowest BCUT2D eigenvalue weighted by molar-refractivity contribution is 0.174. The van der Waals surface area contributed by atoms with Crippen LogP contribution in [0.15, 0.2) is 46.6 Å². The monoisotopic (exact) mass is 492 g/mol. The largest absolute Gasteiger partial charge is 0.493 e. The molecule has 3 aromatic rings. The van der Waals surface area contributed by atoms with Gasteiger partial charge in [-0.2, -0.15) is 4.98 Å². The van der Waals surface area contributed by atoms with E-state index in [1.165, 1.54) is 0 Å². The standard InChI is InChI=1S/C26H28N4O6/c1-14(2)12-30-15(3)22(23(27-26(30)31)16-6-8-18(32-4)20(10-16)33-5)25-28-24(29-36-25)17-7-9-19-21(11-17)35-13-34-19/h6-11,14,23H,12-13H2,1-5H3,(H,27,31). The number of amides is 2. The Bertz CT molecular complexity index is 1330. The van der Waals surface area contributed by atoms with Crippen LogP contribution in [0.3, 0.4) is 0 Å². The van der Waals surface area contributed by atoms with Crippen LogP contribution >= 0.6 is 0 Å². The van der Waals surface area contributed by atoms with Crippen LogP contribution in [0.5, 0.6) is 23.0 Å². The Balaban J connectivity index is 1.59. The highest BCUT2D eigenvalue weighted by atomic mass is 16.7. The number of hydrogen-bond acceptors (Lipinski definition) is 8. The number of aromatic nitrogens is 2. The van der Waals surface area contributed by atoms with E-state index in [4.69, 9.17) is 28.5 Å². The summed E-state index contributed by atoms with van der Waals surface area (Å²) in [5.41, 5.74) is 2.98. The second kappa shape index (κ2) is 9.44. The SMILES string of the molecule is COc1ccc(C2NC(=O)N(CC(C)C)C(C)=C2c2nc(-c3ccc4c(c3)OCO4)no2)cc1OC. The smallest absolute Gasteiger partial charge is 0.322 e. The third-order valence-electron chi connectivity index (χ3n) is 6.17. The predicted molar refractivity (Wildman–Crippen MR) is 131 cm³/mol. The number of ether oxygens (including phenoxy) is 4. The second-order valence-corrected chi connectivity index (χ2v) is 8.99. The molecule has 3 heterocycles. The van der Waals surface area contributed by atoms with Crippen LogP contribution in [0, 0.1) is 5.92 Å². The van der Waals surface area contributed by atoms with Gasteiger partial charge in [0.1, 0.15) is 0 Å². The Morgan fingerprint density at radius 3 is 2.61 bits per heavy atom. The maximum Gasteiger partial charge on any atom is 0.322 e. The molecular weight excluding hydrogens is 464 g/mol. The van der Waals surface area contributed by atoms with Crippen LogP contribution in [0.4, 0.5) is 4.79 Å². The van der Waals surface area contributed by atoms with Crippen molar-refractivity contribution in [3.05, 3.63) is 53.5 Å². The first-order chi connectivity index (χ1) is 17.4. The van der Waals surface area contributed by atoms with E-state index in [2.05, 4.69) is 24.3 Å². The molecule has 10 heteroatoms. The number of methoxy groups -OCH3 is 2. The van der Waals surface area contributed by atoms with Crippen molar-refractivity contribution in [2.45, 2.75) is 26.8 Å². The van der Waals surface area contributed by atoms with E-state index in [0.29, 0.717) is 46.8 Å². The van der Waals surface area contributed by atoms with Gasteiger partial charge in [-0.25, -0.2) is 4.79 Å². The molecule has 2 aromatic carbocycles. The first-order valence-corrected chi connectivity index (χ1v) is 11.6. The summed E-state index contributed by atoms with van der Waals surface area (Å²) in [6, 6.07) is 10.3. The van der Waals surface area contributed by atoms with Crippen molar-refractivity contribution < 1.29 is 28.3 Å². The van der Waals surface area contributed by atoms with E-state index in [-0.39, 0.29) is 18.7 Å². The van der Waals surface area contributed by atoms with Crippen molar-refractivity contribution >= 4 is 11.6 Å². The van der Waals surface area contributed by atoms with Crippen molar-refractivity contribution in [3.8, 4) is 34.4 Å². The Labute approximate surface area is 208 Å². The third-order valence-corrected chi connectivity index (χ3v) is 6.17. The fourth-order valence-electron chi connectivity index (χ4n) is 4.41. The highest BCUT2D eigenvalue weighted by Gasteiger charge is 2.36. The first kappa shape index (κ1) is 23.5. The Morgan fingerprint density at radius 1 is 1.08 bits per heavy atom. The van der Waals surface area contributed by atoms with Crippen LogP contribution in [-0.4, -0.2) is 48.6 Å². The molecular formula is C26H28N4O6. The zero-order valence-corrected chi connectivity index (χ0v) is 20.8. The minimum absolute atomic E-state index is 0.181. The van der Waals surface area contributed by atoms with Crippen molar-refractivity contribution in [1.82, 2.24) is 20.4 Å². The van der Waals surface area contributed by atoms with Gasteiger partial charge < -0.3 is 28.8 Å². The van der Waals surface area contributed by atoms with Gasteiger partial charge in [-0.15, -0.1) is 0 Å². The number of fused-ring (bicyclic) bond motifs is 1. The maximum atomic E-state index is 13.1. The summed E-state index contributed by atoms with van der Waals surface area (Å²) in [7, 11) is 3.15. The molecule has 1 atom stereocenters. The Kier molecular flexibility index (Phi) is 6.17. The molecule has 1 unspecified atom stereocenters. The number of carbonyl (C=O) groups excluding carboxylic acids is 1. The fourth-order valence-corrected chi connectivity index (χ4v) is 4.41. The van der Waals surface area contributed by atoms with Crippen molar-refractivity contribution in [1.29, 1.82) is 0 Å². The number of rotatable bonds is 7. The molecule has 0 spiro atoms. The summed E-state index contributed by atoms with van der Waals surface area (Å²) in [4.78, 5) is 19.6. The lowest BCUT2D eigenvalue weighted by atomic mass is 9.94. The van der Waals surface area contributed by atoms with Gasteiger partial charge >= 0.3 is 6.03 Å². The second-order valence-electron chi connectivity index (χ2n) is 8.99. The highest BCUT2D eigenvalue weighted by Crippen LogP contribution is 2.41. The summed E-state index contributed by atoms with van der Waals surface area (Å²) < 4.78 is 27.5. The number of allylic oxidation sites excluding steroid dienone is 1. The first-order valence-electron chi connectivity index (χ1n) is 11.6. The number of nitrogens with zero attached hydrogens (tertiary/aromatic N) is 3. The molecule has 2 aliphatic rings. The molecule has 0 bridgehead atoms. The van der Waals surface area contributed by atoms with Crippen molar-refractivity contribution in [2.24, 2.45) is 5.92 Å². The van der Waals surface area contributed by atoms with Crippen LogP contribution in [0.2, 0.25) is 0 Å². The van der Waals surface area contributed by atoms with Crippen LogP contribution < -0.4 is 24.3 Å². The zero-order chi connectivity index (χ0) is 25.4. The number of urea groups is 1. The number of benzene rings is 2. The summed E-state index contributed by atoms with van der Waals surface area (Å²) >= 11 is 0. The van der Waals surface area contributed by atoms with Gasteiger partial charge in [0.05, 0.1) is 25.8 Å². The summed E-state index contributed by atoms with van der Waals surface area (Å²) in [5.74, 6) is 3.43. The average Bonchev–Trinajstić information content (AvgIpc) is 3.55. The van der Waals surface area contributed by atoms with E-state index < -0.39 is 6.04 Å². The van der Waals surface area contributed by atoms with Gasteiger partial charge in [-0.1, -0.05) is 25.1 Å². The Hall–Kier alpha value is -4.21. The van der Waals surface area contributed by atoms with Gasteiger partial charge in [-0.05, 0) is 48.7 Å². The normalized spacial score (nSPS) is 17.0. The summed E-state index contributed by atoms with van der Waals surface area (Å²) in [6.45, 7) is 6.74. The van der Waals surface area contributed by atoms with E-state index in [1.54, 1.807) is 25.2 Å². The molecule has 1 aromatic heterocycles. The van der Waals surface area contributed by atoms with E-state index >= 15 is 0 Å². The van der Waals surface area contributed by atoms with E-state index in [1.807, 2.05) is 37.3 Å². The average molecular weight is 493 g/mol. The quantitative estimate of drug-likeness (QED) is 0.508. The predicted octanol–water partition coefficient (Wildman–Crippen LogP) is 4.64. The third kappa shape index (κ3) is 4.19. The van der Waals surface area contributed by atoms with Crippen molar-refractivity contribution in [3.63, 3.8) is 0 Å². The molecule has 10 nitrogen and oxygen atoms in total. The van der Waals surface area contributed by atoms with Gasteiger partial charge in [0.25, 0.3) is 5.89 Å².